The lowest BCUT2D eigenvalue weighted by molar-refractivity contribution is -0.00297. The van der Waals surface area contributed by atoms with Crippen LogP contribution in [0.3, 0.4) is 0 Å². The number of sulfone groups is 1. The molecule has 11 heteroatoms. The Kier molecular flexibility index (Phi) is 6.21. The summed E-state index contributed by atoms with van der Waals surface area (Å²) >= 11 is 0. The standard InChI is InChI=1S/C28H29N7O3S/c1-18-4-7-23(8-5-18)39(37,38)26-17-33(3)25-9-6-21(12-24(25)26)30-28-29-11-10-27(31-28)35-14-20(19(2)32-35)13-34-15-22(36)16-34/h4-12,14,17,22,36H,13,15-16H2,1-3H3,(H,29,30,31). The van der Waals surface area contributed by atoms with Crippen molar-refractivity contribution in [3.05, 3.63) is 83.9 Å². The number of fused-ring (bicyclic) bond motifs is 1. The number of aromatic nitrogens is 5. The topological polar surface area (TPSA) is 118 Å². The first-order chi connectivity index (χ1) is 18.7. The van der Waals surface area contributed by atoms with Gasteiger partial charge in [-0.15, -0.1) is 0 Å². The molecule has 0 atom stereocenters. The molecule has 1 saturated heterocycles. The molecule has 2 N–H and O–H groups in total. The van der Waals surface area contributed by atoms with E-state index in [1.165, 1.54) is 0 Å². The van der Waals surface area contributed by atoms with Gasteiger partial charge in [-0.25, -0.2) is 18.1 Å². The summed E-state index contributed by atoms with van der Waals surface area (Å²) in [4.78, 5) is 11.7. The van der Waals surface area contributed by atoms with Crippen LogP contribution in [-0.4, -0.2) is 61.9 Å². The zero-order chi connectivity index (χ0) is 27.3. The van der Waals surface area contributed by atoms with Crippen LogP contribution in [0.4, 0.5) is 11.6 Å². The normalized spacial score (nSPS) is 14.6. The predicted octanol–water partition coefficient (Wildman–Crippen LogP) is 3.52. The number of aryl methyl sites for hydroxylation is 3. The minimum absolute atomic E-state index is 0.246. The molecule has 39 heavy (non-hydrogen) atoms. The van der Waals surface area contributed by atoms with Gasteiger partial charge in [0.2, 0.25) is 15.8 Å². The van der Waals surface area contributed by atoms with Crippen LogP contribution < -0.4 is 5.32 Å². The van der Waals surface area contributed by atoms with E-state index in [0.29, 0.717) is 35.9 Å². The molecule has 0 radical (unpaired) electrons. The first-order valence-electron chi connectivity index (χ1n) is 12.6. The Labute approximate surface area is 226 Å². The number of anilines is 2. The summed E-state index contributed by atoms with van der Waals surface area (Å²) in [6.07, 6.45) is 5.01. The van der Waals surface area contributed by atoms with Crippen LogP contribution in [0.25, 0.3) is 16.7 Å². The van der Waals surface area contributed by atoms with Crippen LogP contribution in [0.1, 0.15) is 16.8 Å². The van der Waals surface area contributed by atoms with E-state index in [0.717, 1.165) is 28.9 Å². The highest BCUT2D eigenvalue weighted by molar-refractivity contribution is 7.91. The monoisotopic (exact) mass is 543 g/mol. The number of hydrogen-bond donors (Lipinski definition) is 2. The molecule has 0 amide bonds. The number of nitrogens with one attached hydrogen (secondary N) is 1. The molecule has 1 aliphatic rings. The van der Waals surface area contributed by atoms with Gasteiger partial charge in [-0.2, -0.15) is 10.1 Å². The van der Waals surface area contributed by atoms with Gasteiger partial charge in [0.1, 0.15) is 0 Å². The van der Waals surface area contributed by atoms with Gasteiger partial charge in [0, 0.05) is 73.5 Å². The van der Waals surface area contributed by atoms with E-state index in [-0.39, 0.29) is 15.9 Å². The van der Waals surface area contributed by atoms with Crippen LogP contribution in [0.2, 0.25) is 0 Å². The fraction of sp³-hybridized carbons (Fsp3) is 0.250. The fourth-order valence-electron chi connectivity index (χ4n) is 4.84. The van der Waals surface area contributed by atoms with E-state index in [1.54, 1.807) is 47.4 Å². The zero-order valence-electron chi connectivity index (χ0n) is 21.9. The number of hydrogen-bond acceptors (Lipinski definition) is 8. The molecule has 1 fully saturated rings. The van der Waals surface area contributed by atoms with Crippen LogP contribution in [0, 0.1) is 13.8 Å². The highest BCUT2D eigenvalue weighted by Crippen LogP contribution is 2.32. The summed E-state index contributed by atoms with van der Waals surface area (Å²) in [5.41, 5.74) is 4.45. The van der Waals surface area contributed by atoms with Gasteiger partial charge in [0.25, 0.3) is 0 Å². The third kappa shape index (κ3) is 4.80. The van der Waals surface area contributed by atoms with Gasteiger partial charge in [-0.1, -0.05) is 17.7 Å². The van der Waals surface area contributed by atoms with E-state index < -0.39 is 9.84 Å². The minimum atomic E-state index is -3.71. The number of aliphatic hydroxyl groups is 1. The van der Waals surface area contributed by atoms with E-state index >= 15 is 0 Å². The Morgan fingerprint density at radius 1 is 1.05 bits per heavy atom. The largest absolute Gasteiger partial charge is 0.390 e. The second-order valence-corrected chi connectivity index (χ2v) is 12.0. The second kappa shape index (κ2) is 9.60. The number of nitrogens with zero attached hydrogens (tertiary/aromatic N) is 6. The number of likely N-dealkylation sites (tertiary alicyclic amines) is 1. The second-order valence-electron chi connectivity index (χ2n) is 10.0. The van der Waals surface area contributed by atoms with Crippen molar-refractivity contribution >= 4 is 32.4 Å². The maximum absolute atomic E-state index is 13.5. The molecule has 0 saturated carbocycles. The van der Waals surface area contributed by atoms with Gasteiger partial charge in [-0.3, -0.25) is 4.90 Å². The Bertz CT molecular complexity index is 1790. The molecule has 2 aromatic carbocycles. The fourth-order valence-corrected chi connectivity index (χ4v) is 6.34. The SMILES string of the molecule is Cc1ccc(S(=O)(=O)c2cn(C)c3ccc(Nc4nccc(-n5cc(CN6CC(O)C6)c(C)n5)n4)cc23)cc1. The van der Waals surface area contributed by atoms with E-state index in [1.807, 2.05) is 49.9 Å². The smallest absolute Gasteiger partial charge is 0.229 e. The average Bonchev–Trinajstić information content (AvgIpc) is 3.43. The van der Waals surface area contributed by atoms with E-state index in [2.05, 4.69) is 25.3 Å². The molecular weight excluding hydrogens is 514 g/mol. The minimum Gasteiger partial charge on any atom is -0.390 e. The van der Waals surface area contributed by atoms with Crippen molar-refractivity contribution < 1.29 is 13.5 Å². The maximum atomic E-state index is 13.5. The molecule has 3 aromatic heterocycles. The van der Waals surface area contributed by atoms with Gasteiger partial charge in [0.15, 0.2) is 5.82 Å². The molecule has 0 spiro atoms. The molecule has 0 bridgehead atoms. The molecule has 0 unspecified atom stereocenters. The summed E-state index contributed by atoms with van der Waals surface area (Å²) in [7, 11) is -1.88. The van der Waals surface area contributed by atoms with Crippen molar-refractivity contribution in [1.82, 2.24) is 29.2 Å². The quantitative estimate of drug-likeness (QED) is 0.320. The lowest BCUT2D eigenvalue weighted by atomic mass is 10.1. The molecule has 200 valence electrons. The van der Waals surface area contributed by atoms with Crippen LogP contribution in [0.15, 0.2) is 76.9 Å². The molecule has 10 nitrogen and oxygen atoms in total. The Morgan fingerprint density at radius 2 is 1.82 bits per heavy atom. The lowest BCUT2D eigenvalue weighted by Crippen LogP contribution is -2.49. The number of aliphatic hydroxyl groups excluding tert-OH is 1. The Hall–Kier alpha value is -4.06. The number of benzene rings is 2. The summed E-state index contributed by atoms with van der Waals surface area (Å²) in [6.45, 7) is 5.96. The number of β-amino-alcohol motifs (C(OH)–C–C–N with tert-alkyl or cyclic N) is 1. The van der Waals surface area contributed by atoms with Gasteiger partial charge in [0.05, 0.1) is 21.6 Å². The Balaban J connectivity index is 1.28. The summed E-state index contributed by atoms with van der Waals surface area (Å²) in [5, 5.41) is 18.0. The molecule has 0 aliphatic carbocycles. The molecular formula is C28H29N7O3S. The van der Waals surface area contributed by atoms with Crippen LogP contribution >= 0.6 is 0 Å². The van der Waals surface area contributed by atoms with Gasteiger partial charge < -0.3 is 15.0 Å². The lowest BCUT2D eigenvalue weighted by Gasteiger charge is -2.35. The molecule has 5 aromatic rings. The van der Waals surface area contributed by atoms with Crippen molar-refractivity contribution in [2.24, 2.45) is 7.05 Å². The summed E-state index contributed by atoms with van der Waals surface area (Å²) in [5.74, 6) is 0.972. The van der Waals surface area contributed by atoms with Crippen LogP contribution in [-0.2, 0) is 23.4 Å². The van der Waals surface area contributed by atoms with Crippen molar-refractivity contribution in [2.75, 3.05) is 18.4 Å². The van der Waals surface area contributed by atoms with Crippen LogP contribution in [0.5, 0.6) is 0 Å². The van der Waals surface area contributed by atoms with E-state index in [9.17, 15) is 13.5 Å². The van der Waals surface area contributed by atoms with Gasteiger partial charge >= 0.3 is 0 Å². The third-order valence-electron chi connectivity index (χ3n) is 7.04. The highest BCUT2D eigenvalue weighted by Gasteiger charge is 2.25. The molecule has 4 heterocycles. The first-order valence-corrected chi connectivity index (χ1v) is 14.1. The molecule has 1 aliphatic heterocycles. The molecule has 6 rings (SSSR count). The average molecular weight is 544 g/mol. The van der Waals surface area contributed by atoms with Crippen molar-refractivity contribution in [3.8, 4) is 5.82 Å². The van der Waals surface area contributed by atoms with Crippen molar-refractivity contribution in [1.29, 1.82) is 0 Å². The summed E-state index contributed by atoms with van der Waals surface area (Å²) < 4.78 is 30.5. The van der Waals surface area contributed by atoms with Crippen molar-refractivity contribution in [2.45, 2.75) is 36.3 Å². The first kappa shape index (κ1) is 25.2. The highest BCUT2D eigenvalue weighted by atomic mass is 32.2. The zero-order valence-corrected chi connectivity index (χ0v) is 22.7. The maximum Gasteiger partial charge on any atom is 0.229 e. The van der Waals surface area contributed by atoms with Gasteiger partial charge in [-0.05, 0) is 44.2 Å². The number of rotatable bonds is 7. The van der Waals surface area contributed by atoms with E-state index in [4.69, 9.17) is 0 Å². The third-order valence-corrected chi connectivity index (χ3v) is 8.83. The van der Waals surface area contributed by atoms with Crippen molar-refractivity contribution in [3.63, 3.8) is 0 Å². The Morgan fingerprint density at radius 3 is 2.56 bits per heavy atom. The summed E-state index contributed by atoms with van der Waals surface area (Å²) in [6, 6.07) is 14.2. The predicted molar refractivity (Wildman–Crippen MR) is 148 cm³/mol.